The van der Waals surface area contributed by atoms with Crippen LogP contribution in [0.5, 0.6) is 6.01 Å². The normalized spacial score (nSPS) is 23.6. The monoisotopic (exact) mass is 613 g/mol. The predicted molar refractivity (Wildman–Crippen MR) is 165 cm³/mol. The summed E-state index contributed by atoms with van der Waals surface area (Å²) in [6.45, 7) is 7.53. The van der Waals surface area contributed by atoms with Gasteiger partial charge >= 0.3 is 6.01 Å². The number of likely N-dealkylation sites (tertiary alicyclic amines) is 1. The van der Waals surface area contributed by atoms with Crippen LogP contribution in [0.4, 0.5) is 19.7 Å². The van der Waals surface area contributed by atoms with E-state index in [9.17, 15) is 4.39 Å². The lowest BCUT2D eigenvalue weighted by Gasteiger charge is -2.35. The molecule has 2 aromatic heterocycles. The number of fused-ring (bicyclic) bond motifs is 4. The molecule has 42 heavy (non-hydrogen) atoms. The number of hydrogen-bond donors (Lipinski definition) is 2. The van der Waals surface area contributed by atoms with Gasteiger partial charge < -0.3 is 20.7 Å². The van der Waals surface area contributed by atoms with Crippen LogP contribution >= 0.6 is 22.9 Å². The third-order valence-corrected chi connectivity index (χ3v) is 10.1. The molecular formula is C30H34ClF2N7OS. The number of benzene rings is 2. The minimum absolute atomic E-state index is 0.102. The van der Waals surface area contributed by atoms with E-state index >= 15 is 4.39 Å². The lowest BCUT2D eigenvalue weighted by Crippen LogP contribution is -2.51. The van der Waals surface area contributed by atoms with Crippen molar-refractivity contribution < 1.29 is 13.5 Å². The van der Waals surface area contributed by atoms with Crippen LogP contribution in [0.1, 0.15) is 46.0 Å². The number of aromatic nitrogens is 3. The first kappa shape index (κ1) is 27.9. The lowest BCUT2D eigenvalue weighted by molar-refractivity contribution is 0.0905. The number of nitrogens with two attached hydrogens (primary N) is 1. The van der Waals surface area contributed by atoms with Crippen molar-refractivity contribution in [1.82, 2.24) is 25.2 Å². The van der Waals surface area contributed by atoms with E-state index in [-0.39, 0.29) is 43.6 Å². The van der Waals surface area contributed by atoms with Crippen molar-refractivity contribution in [2.75, 3.05) is 36.8 Å². The SMILES string of the molecule is CC1CCCCN1C[C@H](C)Oc1nc(N2CC3CCC(C2)N3)c2cc(Cl)c(-c3ccc(F)c4sc(N)nc34)c(F)c2n1. The molecule has 0 spiro atoms. The van der Waals surface area contributed by atoms with Crippen LogP contribution in [0.3, 0.4) is 0 Å². The van der Waals surface area contributed by atoms with Crippen LogP contribution in [0.2, 0.25) is 5.02 Å². The van der Waals surface area contributed by atoms with Gasteiger partial charge in [-0.2, -0.15) is 9.97 Å². The van der Waals surface area contributed by atoms with Gasteiger partial charge in [0.1, 0.15) is 23.3 Å². The van der Waals surface area contributed by atoms with Crippen LogP contribution < -0.4 is 20.7 Å². The average Bonchev–Trinajstić information content (AvgIpc) is 3.52. The van der Waals surface area contributed by atoms with Gasteiger partial charge in [-0.3, -0.25) is 4.90 Å². The zero-order chi connectivity index (χ0) is 29.1. The Kier molecular flexibility index (Phi) is 7.32. The van der Waals surface area contributed by atoms with E-state index in [1.165, 1.54) is 31.4 Å². The molecule has 8 nitrogen and oxygen atoms in total. The molecule has 7 rings (SSSR count). The van der Waals surface area contributed by atoms with Crippen LogP contribution in [-0.4, -0.2) is 70.3 Å². The molecular weight excluding hydrogens is 580 g/mol. The van der Waals surface area contributed by atoms with Crippen molar-refractivity contribution in [2.24, 2.45) is 0 Å². The molecule has 2 aromatic carbocycles. The van der Waals surface area contributed by atoms with Crippen LogP contribution in [0, 0.1) is 11.6 Å². The van der Waals surface area contributed by atoms with Crippen molar-refractivity contribution in [3.63, 3.8) is 0 Å². The number of halogens is 3. The number of piperidine rings is 1. The summed E-state index contributed by atoms with van der Waals surface area (Å²) in [5, 5.41) is 4.52. The summed E-state index contributed by atoms with van der Waals surface area (Å²) in [6.07, 6.45) is 5.58. The fraction of sp³-hybridized carbons (Fsp3) is 0.500. The van der Waals surface area contributed by atoms with Gasteiger partial charge in [0.05, 0.1) is 15.2 Å². The molecule has 5 heterocycles. The topological polar surface area (TPSA) is 92.4 Å². The first-order valence-electron chi connectivity index (χ1n) is 14.7. The Hall–Kier alpha value is -2.86. The number of nitrogen functional groups attached to an aromatic ring is 1. The van der Waals surface area contributed by atoms with E-state index in [0.29, 0.717) is 34.9 Å². The zero-order valence-electron chi connectivity index (χ0n) is 23.7. The smallest absolute Gasteiger partial charge is 0.319 e. The Balaban J connectivity index is 1.34. The summed E-state index contributed by atoms with van der Waals surface area (Å²) in [7, 11) is 0. The van der Waals surface area contributed by atoms with Gasteiger partial charge in [0.2, 0.25) is 0 Å². The van der Waals surface area contributed by atoms with Crippen molar-refractivity contribution in [1.29, 1.82) is 0 Å². The van der Waals surface area contributed by atoms with Gasteiger partial charge in [-0.25, -0.2) is 13.8 Å². The molecule has 2 bridgehead atoms. The molecule has 0 amide bonds. The fourth-order valence-corrected chi connectivity index (χ4v) is 7.90. The summed E-state index contributed by atoms with van der Waals surface area (Å²) < 4.78 is 37.8. The molecule has 3 unspecified atom stereocenters. The third-order valence-electron chi connectivity index (χ3n) is 8.88. The van der Waals surface area contributed by atoms with Gasteiger partial charge in [0, 0.05) is 54.3 Å². The first-order valence-corrected chi connectivity index (χ1v) is 15.9. The number of ether oxygens (including phenoxy) is 1. The zero-order valence-corrected chi connectivity index (χ0v) is 25.2. The Bertz CT molecular complexity index is 1660. The van der Waals surface area contributed by atoms with Gasteiger partial charge in [-0.1, -0.05) is 29.4 Å². The molecule has 3 saturated heterocycles. The summed E-state index contributed by atoms with van der Waals surface area (Å²) in [4.78, 5) is 18.4. The standard InChI is InChI=1S/C30H34ClF2N7OS/c1-15-5-3-4-10-39(15)12-16(2)41-30-37-25-20(28(38-30)40-13-17-6-7-18(14-40)35-17)11-21(31)23(24(25)33)19-8-9-22(32)27-26(19)36-29(34)42-27/h8-9,11,15-18,35H,3-7,10,12-14H2,1-2H3,(H2,34,36)/t15?,16-,17?,18?/m0/s1. The first-order chi connectivity index (χ1) is 20.2. The highest BCUT2D eigenvalue weighted by Crippen LogP contribution is 2.43. The molecule has 0 radical (unpaired) electrons. The molecule has 3 fully saturated rings. The predicted octanol–water partition coefficient (Wildman–Crippen LogP) is 6.00. The molecule has 3 N–H and O–H groups in total. The van der Waals surface area contributed by atoms with E-state index in [2.05, 4.69) is 32.0 Å². The molecule has 222 valence electrons. The van der Waals surface area contributed by atoms with Gasteiger partial charge in [0.15, 0.2) is 10.9 Å². The Morgan fingerprint density at radius 3 is 2.67 bits per heavy atom. The molecule has 0 aliphatic carbocycles. The Morgan fingerprint density at radius 2 is 1.90 bits per heavy atom. The maximum Gasteiger partial charge on any atom is 0.319 e. The van der Waals surface area contributed by atoms with E-state index < -0.39 is 11.6 Å². The molecule has 12 heteroatoms. The average molecular weight is 614 g/mol. The highest BCUT2D eigenvalue weighted by molar-refractivity contribution is 7.22. The maximum atomic E-state index is 16.7. The van der Waals surface area contributed by atoms with E-state index in [4.69, 9.17) is 27.1 Å². The number of anilines is 2. The number of piperazine rings is 1. The molecule has 0 saturated carbocycles. The molecule has 4 aromatic rings. The van der Waals surface area contributed by atoms with Crippen LogP contribution in [0.15, 0.2) is 18.2 Å². The second kappa shape index (κ2) is 11.0. The van der Waals surface area contributed by atoms with Gasteiger partial charge in [-0.05, 0) is 64.3 Å². The minimum atomic E-state index is -0.624. The second-order valence-corrected chi connectivity index (χ2v) is 13.3. The summed E-state index contributed by atoms with van der Waals surface area (Å²) in [5.74, 6) is -0.478. The maximum absolute atomic E-state index is 16.7. The minimum Gasteiger partial charge on any atom is -0.459 e. The summed E-state index contributed by atoms with van der Waals surface area (Å²) in [5.41, 5.74) is 6.75. The third kappa shape index (κ3) is 5.04. The second-order valence-electron chi connectivity index (χ2n) is 11.9. The largest absolute Gasteiger partial charge is 0.459 e. The highest BCUT2D eigenvalue weighted by Gasteiger charge is 2.35. The molecule has 4 atom stereocenters. The van der Waals surface area contributed by atoms with Crippen molar-refractivity contribution in [3.8, 4) is 17.1 Å². The number of nitrogens with one attached hydrogen (secondary N) is 1. The van der Waals surface area contributed by atoms with Gasteiger partial charge in [0.25, 0.3) is 0 Å². The van der Waals surface area contributed by atoms with Crippen molar-refractivity contribution in [3.05, 3.63) is 34.9 Å². The Labute approximate surface area is 252 Å². The number of thiazole rings is 1. The molecule has 3 aliphatic heterocycles. The van der Waals surface area contributed by atoms with E-state index in [1.807, 2.05) is 6.92 Å². The van der Waals surface area contributed by atoms with Crippen molar-refractivity contribution >= 4 is 55.0 Å². The highest BCUT2D eigenvalue weighted by atomic mass is 35.5. The van der Waals surface area contributed by atoms with Crippen molar-refractivity contribution in [2.45, 2.75) is 70.2 Å². The number of hydrogen-bond acceptors (Lipinski definition) is 9. The van der Waals surface area contributed by atoms with E-state index in [1.54, 1.807) is 6.07 Å². The van der Waals surface area contributed by atoms with Crippen LogP contribution in [0.25, 0.3) is 32.2 Å². The molecule has 3 aliphatic rings. The van der Waals surface area contributed by atoms with Gasteiger partial charge in [-0.15, -0.1) is 0 Å². The summed E-state index contributed by atoms with van der Waals surface area (Å²) in [6, 6.07) is 5.80. The van der Waals surface area contributed by atoms with Crippen LogP contribution in [-0.2, 0) is 0 Å². The number of nitrogens with zero attached hydrogens (tertiary/aromatic N) is 5. The summed E-state index contributed by atoms with van der Waals surface area (Å²) >= 11 is 7.82. The Morgan fingerprint density at radius 1 is 1.12 bits per heavy atom. The lowest BCUT2D eigenvalue weighted by atomic mass is 10.0. The van der Waals surface area contributed by atoms with E-state index in [0.717, 1.165) is 50.4 Å². The quantitative estimate of drug-likeness (QED) is 0.273. The fourth-order valence-electron chi connectivity index (χ4n) is 6.84. The number of rotatable bonds is 6.